The van der Waals surface area contributed by atoms with Crippen molar-refractivity contribution >= 4 is 13.6 Å². The minimum atomic E-state index is -3.66. The van der Waals surface area contributed by atoms with Crippen LogP contribution in [0, 0.1) is 0 Å². The summed E-state index contributed by atoms with van der Waals surface area (Å²) in [7, 11) is -3.66. The quantitative estimate of drug-likeness (QED) is 0.115. The Kier molecular flexibility index (Phi) is 19.3. The largest absolute Gasteiger partial charge is 1.00 e. The van der Waals surface area contributed by atoms with Crippen LogP contribution < -0.4 is 34.5 Å². The van der Waals surface area contributed by atoms with E-state index in [4.69, 9.17) is 9.26 Å². The van der Waals surface area contributed by atoms with Gasteiger partial charge < -0.3 is 18.7 Å². The SMILES string of the molecule is CCCCCCCC/C=C/CCCCCCCC(=O)OC[C@@H]1CCP(=O)([O-])O1.[Na+]. The molecular weight excluding hydrogens is 398 g/mol. The topological polar surface area (TPSA) is 75.7 Å². The Morgan fingerprint density at radius 1 is 1.00 bits per heavy atom. The summed E-state index contributed by atoms with van der Waals surface area (Å²) in [5.74, 6) is -0.256. The van der Waals surface area contributed by atoms with E-state index in [9.17, 15) is 14.3 Å². The van der Waals surface area contributed by atoms with Crippen molar-refractivity contribution in [2.45, 2.75) is 109 Å². The predicted molar refractivity (Wildman–Crippen MR) is 112 cm³/mol. The summed E-state index contributed by atoms with van der Waals surface area (Å²) in [6.45, 7) is 2.30. The molecule has 1 rings (SSSR count). The summed E-state index contributed by atoms with van der Waals surface area (Å²) in [4.78, 5) is 22.8. The van der Waals surface area contributed by atoms with Crippen molar-refractivity contribution in [3.8, 4) is 0 Å². The second kappa shape index (κ2) is 19.1. The first-order chi connectivity index (χ1) is 13.5. The monoisotopic (exact) mass is 438 g/mol. The molecule has 1 saturated heterocycles. The first-order valence-electron chi connectivity index (χ1n) is 11.3. The van der Waals surface area contributed by atoms with Gasteiger partial charge in [-0.15, -0.1) is 0 Å². The molecule has 29 heavy (non-hydrogen) atoms. The van der Waals surface area contributed by atoms with Gasteiger partial charge >= 0.3 is 35.5 Å². The summed E-state index contributed by atoms with van der Waals surface area (Å²) in [6, 6.07) is 0. The Hall–Kier alpha value is 0.360. The van der Waals surface area contributed by atoms with E-state index in [0.29, 0.717) is 12.8 Å². The molecule has 1 fully saturated rings. The molecule has 1 aliphatic rings. The minimum Gasteiger partial charge on any atom is -0.778 e. The molecule has 7 heteroatoms. The minimum absolute atomic E-state index is 0. The van der Waals surface area contributed by atoms with Crippen molar-refractivity contribution in [2.24, 2.45) is 0 Å². The number of esters is 1. The number of carbonyl (C=O) groups is 1. The summed E-state index contributed by atoms with van der Waals surface area (Å²) < 4.78 is 21.1. The van der Waals surface area contributed by atoms with Gasteiger partial charge in [-0.05, 0) is 38.5 Å². The zero-order chi connectivity index (χ0) is 20.5. The van der Waals surface area contributed by atoms with Gasteiger partial charge in [0.05, 0.1) is 6.10 Å². The standard InChI is InChI=1S/C22H41O5P.Na/c1-2-3-4-5-6-7-8-9-10-11-12-13-14-15-16-17-22(23)26-20-21-18-19-28(24,25)27-21;/h9-10,21H,2-8,11-20H2,1H3,(H,24,25);/q;+1/p-1/b10-9+;/t21-;/m0./s1. The molecule has 0 aromatic rings. The van der Waals surface area contributed by atoms with Gasteiger partial charge in [0.1, 0.15) is 14.2 Å². The van der Waals surface area contributed by atoms with Gasteiger partial charge in [-0.2, -0.15) is 0 Å². The molecule has 1 aliphatic heterocycles. The van der Waals surface area contributed by atoms with E-state index in [-0.39, 0.29) is 48.3 Å². The van der Waals surface area contributed by atoms with Gasteiger partial charge in [0, 0.05) is 12.6 Å². The van der Waals surface area contributed by atoms with E-state index < -0.39 is 13.7 Å². The fourth-order valence-electron chi connectivity index (χ4n) is 3.35. The number of rotatable bonds is 17. The Morgan fingerprint density at radius 3 is 2.10 bits per heavy atom. The van der Waals surface area contributed by atoms with E-state index >= 15 is 0 Å². The normalized spacial score (nSPS) is 21.4. The van der Waals surface area contributed by atoms with Crippen LogP contribution in [0.25, 0.3) is 0 Å². The molecule has 0 bridgehead atoms. The average Bonchev–Trinajstić information content (AvgIpc) is 3.02. The second-order valence-corrected chi connectivity index (χ2v) is 9.75. The summed E-state index contributed by atoms with van der Waals surface area (Å²) in [5, 5.41) is 0. The van der Waals surface area contributed by atoms with E-state index in [1.54, 1.807) is 0 Å². The molecule has 0 N–H and O–H groups in total. The molecule has 0 spiro atoms. The van der Waals surface area contributed by atoms with Gasteiger partial charge in [-0.3, -0.25) is 4.79 Å². The number of hydrogen-bond acceptors (Lipinski definition) is 5. The van der Waals surface area contributed by atoms with Gasteiger partial charge in [-0.25, -0.2) is 0 Å². The Morgan fingerprint density at radius 2 is 1.55 bits per heavy atom. The van der Waals surface area contributed by atoms with Crippen LogP contribution in [0.2, 0.25) is 0 Å². The average molecular weight is 439 g/mol. The van der Waals surface area contributed by atoms with Crippen LogP contribution in [0.15, 0.2) is 12.2 Å². The molecule has 5 nitrogen and oxygen atoms in total. The molecular formula is C22H40NaO5P. The van der Waals surface area contributed by atoms with Crippen LogP contribution in [0.3, 0.4) is 0 Å². The van der Waals surface area contributed by atoms with Crippen LogP contribution >= 0.6 is 7.60 Å². The van der Waals surface area contributed by atoms with Crippen LogP contribution in [0.1, 0.15) is 103 Å². The van der Waals surface area contributed by atoms with Gasteiger partial charge in [0.25, 0.3) is 0 Å². The summed E-state index contributed by atoms with van der Waals surface area (Å²) in [5.41, 5.74) is 0. The molecule has 0 amide bonds. The maximum absolute atomic E-state index is 11.7. The van der Waals surface area contributed by atoms with E-state index in [0.717, 1.165) is 25.7 Å². The van der Waals surface area contributed by atoms with Gasteiger partial charge in [0.2, 0.25) is 0 Å². The molecule has 0 aliphatic carbocycles. The molecule has 0 aromatic heterocycles. The second-order valence-electron chi connectivity index (χ2n) is 7.87. The maximum Gasteiger partial charge on any atom is 1.00 e. The summed E-state index contributed by atoms with van der Waals surface area (Å²) >= 11 is 0. The van der Waals surface area contributed by atoms with Gasteiger partial charge in [-0.1, -0.05) is 70.4 Å². The third-order valence-corrected chi connectivity index (χ3v) is 6.53. The molecule has 0 radical (unpaired) electrons. The fourth-order valence-corrected chi connectivity index (χ4v) is 4.68. The predicted octanol–water partition coefficient (Wildman–Crippen LogP) is 2.91. The van der Waals surface area contributed by atoms with Gasteiger partial charge in [0.15, 0.2) is 0 Å². The molecule has 0 aromatic carbocycles. The number of ether oxygens (including phenoxy) is 1. The van der Waals surface area contributed by atoms with Crippen molar-refractivity contribution in [1.29, 1.82) is 0 Å². The van der Waals surface area contributed by atoms with Crippen molar-refractivity contribution in [3.63, 3.8) is 0 Å². The van der Waals surface area contributed by atoms with Crippen LogP contribution in [0.4, 0.5) is 0 Å². The van der Waals surface area contributed by atoms with E-state index in [1.807, 2.05) is 0 Å². The maximum atomic E-state index is 11.7. The van der Waals surface area contributed by atoms with Crippen molar-refractivity contribution < 1.29 is 53.1 Å². The molecule has 2 atom stereocenters. The first-order valence-corrected chi connectivity index (χ1v) is 13.1. The van der Waals surface area contributed by atoms with Crippen LogP contribution in [-0.4, -0.2) is 24.8 Å². The molecule has 1 heterocycles. The smallest absolute Gasteiger partial charge is 0.778 e. The summed E-state index contributed by atoms with van der Waals surface area (Å²) in [6.07, 6.45) is 21.0. The number of unbranched alkanes of at least 4 members (excludes halogenated alkanes) is 11. The molecule has 1 unspecified atom stereocenters. The third-order valence-electron chi connectivity index (χ3n) is 5.11. The van der Waals surface area contributed by atoms with E-state index in [2.05, 4.69) is 19.1 Å². The zero-order valence-electron chi connectivity index (χ0n) is 18.7. The molecule has 0 saturated carbocycles. The van der Waals surface area contributed by atoms with Crippen LogP contribution in [0.5, 0.6) is 0 Å². The Bertz CT molecular complexity index is 484. The first kappa shape index (κ1) is 29.4. The molecule has 164 valence electrons. The zero-order valence-corrected chi connectivity index (χ0v) is 21.6. The number of hydrogen-bond donors (Lipinski definition) is 0. The van der Waals surface area contributed by atoms with Crippen molar-refractivity contribution in [1.82, 2.24) is 0 Å². The number of carbonyl (C=O) groups excluding carboxylic acids is 1. The number of allylic oxidation sites excluding steroid dienone is 2. The van der Waals surface area contributed by atoms with Crippen LogP contribution in [-0.2, 0) is 18.6 Å². The van der Waals surface area contributed by atoms with Crippen molar-refractivity contribution in [2.75, 3.05) is 12.8 Å². The Balaban J connectivity index is 0.00000784. The third kappa shape index (κ3) is 17.7. The Labute approximate surface area is 200 Å². The fraction of sp³-hybridized carbons (Fsp3) is 0.864. The van der Waals surface area contributed by atoms with E-state index in [1.165, 1.54) is 57.8 Å². The van der Waals surface area contributed by atoms with Crippen molar-refractivity contribution in [3.05, 3.63) is 12.2 Å².